The van der Waals surface area contributed by atoms with E-state index in [-0.39, 0.29) is 6.04 Å². The molecule has 0 aromatic heterocycles. The van der Waals surface area contributed by atoms with E-state index >= 15 is 0 Å². The van der Waals surface area contributed by atoms with Crippen molar-refractivity contribution in [1.82, 2.24) is 0 Å². The van der Waals surface area contributed by atoms with Crippen LogP contribution in [0.1, 0.15) is 0 Å². The second-order valence-electron chi connectivity index (χ2n) is 1.69. The number of hydrogen-bond acceptors (Lipinski definition) is 2. The van der Waals surface area contributed by atoms with Crippen molar-refractivity contribution in [2.45, 2.75) is 6.04 Å². The minimum absolute atomic E-state index is 0.278. The number of carbonyl (C=O) groups is 1. The molecule has 1 rings (SSSR count). The molecule has 1 heterocycles. The number of aliphatic imine (C=N–C) groups is 1. The number of carbonyl (C=O) groups excluding carboxylic acids is 1. The Morgan fingerprint density at radius 1 is 1.33 bits per heavy atom. The lowest BCUT2D eigenvalue weighted by Crippen LogP contribution is -1.99. The van der Waals surface area contributed by atoms with Crippen molar-refractivity contribution in [3.63, 3.8) is 0 Å². The molecule has 0 radical (unpaired) electrons. The lowest BCUT2D eigenvalue weighted by molar-refractivity contribution is -0.108. The van der Waals surface area contributed by atoms with Gasteiger partial charge in [0, 0.05) is 6.21 Å². The topological polar surface area (TPSA) is 29.4 Å². The Morgan fingerprint density at radius 2 is 2.22 bits per heavy atom. The standard InChI is InChI=1S/C7H7NO/c9-6-7-4-2-1-3-5-8-7/h1-7H. The van der Waals surface area contributed by atoms with E-state index in [0.29, 0.717) is 0 Å². The van der Waals surface area contributed by atoms with E-state index in [1.54, 1.807) is 18.4 Å². The molecule has 0 amide bonds. The van der Waals surface area contributed by atoms with Crippen LogP contribution in [0.25, 0.3) is 0 Å². The molecule has 0 N–H and O–H groups in total. The zero-order chi connectivity index (χ0) is 6.53. The number of aldehydes is 1. The molecule has 0 saturated carbocycles. The number of allylic oxidation sites excluding steroid dienone is 3. The quantitative estimate of drug-likeness (QED) is 0.471. The average Bonchev–Trinajstić information content (AvgIpc) is 2.13. The van der Waals surface area contributed by atoms with Crippen molar-refractivity contribution in [3.05, 3.63) is 24.3 Å². The van der Waals surface area contributed by atoms with Crippen molar-refractivity contribution in [1.29, 1.82) is 0 Å². The van der Waals surface area contributed by atoms with Crippen LogP contribution in [0.2, 0.25) is 0 Å². The van der Waals surface area contributed by atoms with E-state index < -0.39 is 0 Å². The molecule has 1 aliphatic rings. The highest BCUT2D eigenvalue weighted by atomic mass is 16.1. The molecule has 0 aromatic carbocycles. The second kappa shape index (κ2) is 2.97. The Balaban J connectivity index is 2.69. The first-order valence-corrected chi connectivity index (χ1v) is 2.75. The van der Waals surface area contributed by atoms with Crippen LogP contribution >= 0.6 is 0 Å². The van der Waals surface area contributed by atoms with Gasteiger partial charge in [-0.05, 0) is 6.08 Å². The van der Waals surface area contributed by atoms with Crippen LogP contribution in [0.5, 0.6) is 0 Å². The second-order valence-corrected chi connectivity index (χ2v) is 1.69. The summed E-state index contributed by atoms with van der Waals surface area (Å²) < 4.78 is 0. The van der Waals surface area contributed by atoms with E-state index in [4.69, 9.17) is 0 Å². The molecule has 1 atom stereocenters. The zero-order valence-corrected chi connectivity index (χ0v) is 4.90. The van der Waals surface area contributed by atoms with Gasteiger partial charge in [0.25, 0.3) is 0 Å². The molecule has 0 saturated heterocycles. The van der Waals surface area contributed by atoms with Crippen LogP contribution in [-0.2, 0) is 4.79 Å². The average molecular weight is 121 g/mol. The van der Waals surface area contributed by atoms with Crippen molar-refractivity contribution < 1.29 is 4.79 Å². The van der Waals surface area contributed by atoms with Gasteiger partial charge in [-0.2, -0.15) is 0 Å². The summed E-state index contributed by atoms with van der Waals surface area (Å²) in [5.41, 5.74) is 0. The van der Waals surface area contributed by atoms with E-state index in [1.165, 1.54) is 0 Å². The van der Waals surface area contributed by atoms with Crippen LogP contribution in [0.15, 0.2) is 29.3 Å². The highest BCUT2D eigenvalue weighted by molar-refractivity contribution is 5.76. The summed E-state index contributed by atoms with van der Waals surface area (Å²) in [6.07, 6.45) is 9.62. The van der Waals surface area contributed by atoms with Gasteiger partial charge >= 0.3 is 0 Å². The van der Waals surface area contributed by atoms with Crippen LogP contribution in [-0.4, -0.2) is 18.5 Å². The normalized spacial score (nSPS) is 23.8. The SMILES string of the molecule is O=CC1C=CC=CC=N1. The maximum absolute atomic E-state index is 10.1. The molecule has 9 heavy (non-hydrogen) atoms. The highest BCUT2D eigenvalue weighted by Gasteiger charge is 1.95. The molecule has 1 unspecified atom stereocenters. The van der Waals surface area contributed by atoms with Gasteiger partial charge < -0.3 is 4.79 Å². The summed E-state index contributed by atoms with van der Waals surface area (Å²) in [5, 5.41) is 0. The first-order chi connectivity index (χ1) is 4.43. The molecule has 0 bridgehead atoms. The lowest BCUT2D eigenvalue weighted by atomic mass is 10.3. The minimum atomic E-state index is -0.278. The molecule has 0 aromatic rings. The molecule has 0 spiro atoms. The Hall–Kier alpha value is -1.18. The third-order valence-electron chi connectivity index (χ3n) is 1.01. The van der Waals surface area contributed by atoms with Gasteiger partial charge in [0.05, 0.1) is 0 Å². The van der Waals surface area contributed by atoms with Crippen LogP contribution < -0.4 is 0 Å². The summed E-state index contributed by atoms with van der Waals surface area (Å²) in [6.45, 7) is 0. The number of nitrogens with zero attached hydrogens (tertiary/aromatic N) is 1. The Morgan fingerprint density at radius 3 is 3.00 bits per heavy atom. The Kier molecular flexibility index (Phi) is 1.96. The van der Waals surface area contributed by atoms with E-state index in [9.17, 15) is 4.79 Å². The third-order valence-corrected chi connectivity index (χ3v) is 1.01. The molecule has 2 heteroatoms. The molecular formula is C7H7NO. The monoisotopic (exact) mass is 121 g/mol. The number of hydrogen-bond donors (Lipinski definition) is 0. The van der Waals surface area contributed by atoms with Crippen molar-refractivity contribution >= 4 is 12.5 Å². The Bertz CT molecular complexity index is 163. The fourth-order valence-electron chi connectivity index (χ4n) is 0.571. The molecule has 0 aliphatic carbocycles. The van der Waals surface area contributed by atoms with Crippen molar-refractivity contribution in [3.8, 4) is 0 Å². The molecule has 2 nitrogen and oxygen atoms in total. The first kappa shape index (κ1) is 5.95. The van der Waals surface area contributed by atoms with Gasteiger partial charge in [-0.3, -0.25) is 4.99 Å². The van der Waals surface area contributed by atoms with Gasteiger partial charge in [0.15, 0.2) is 0 Å². The van der Waals surface area contributed by atoms with Crippen molar-refractivity contribution in [2.75, 3.05) is 0 Å². The summed E-state index contributed by atoms with van der Waals surface area (Å²) in [7, 11) is 0. The Labute approximate surface area is 53.6 Å². The summed E-state index contributed by atoms with van der Waals surface area (Å²) in [6, 6.07) is -0.278. The third kappa shape index (κ3) is 1.64. The summed E-state index contributed by atoms with van der Waals surface area (Å²) in [4.78, 5) is 14.0. The fraction of sp³-hybridized carbons (Fsp3) is 0.143. The van der Waals surface area contributed by atoms with Crippen molar-refractivity contribution in [2.24, 2.45) is 4.99 Å². The summed E-state index contributed by atoms with van der Waals surface area (Å²) >= 11 is 0. The highest BCUT2D eigenvalue weighted by Crippen LogP contribution is 1.92. The van der Waals surface area contributed by atoms with Gasteiger partial charge in [-0.1, -0.05) is 18.2 Å². The smallest absolute Gasteiger partial charge is 0.148 e. The van der Waals surface area contributed by atoms with Crippen LogP contribution in [0, 0.1) is 0 Å². The maximum atomic E-state index is 10.1. The van der Waals surface area contributed by atoms with E-state index in [1.807, 2.05) is 12.2 Å². The molecule has 0 fully saturated rings. The van der Waals surface area contributed by atoms with Crippen LogP contribution in [0.3, 0.4) is 0 Å². The predicted molar refractivity (Wildman–Crippen MR) is 36.6 cm³/mol. The van der Waals surface area contributed by atoms with Gasteiger partial charge in [-0.25, -0.2) is 0 Å². The molecule has 46 valence electrons. The fourth-order valence-corrected chi connectivity index (χ4v) is 0.571. The number of rotatable bonds is 1. The van der Waals surface area contributed by atoms with Crippen LogP contribution in [0.4, 0.5) is 0 Å². The van der Waals surface area contributed by atoms with Gasteiger partial charge in [0.1, 0.15) is 12.3 Å². The lowest BCUT2D eigenvalue weighted by Gasteiger charge is -1.90. The minimum Gasteiger partial charge on any atom is -0.301 e. The zero-order valence-electron chi connectivity index (χ0n) is 4.90. The largest absolute Gasteiger partial charge is 0.301 e. The predicted octanol–water partition coefficient (Wildman–Crippen LogP) is 0.751. The molecular weight excluding hydrogens is 114 g/mol. The first-order valence-electron chi connectivity index (χ1n) is 2.75. The van der Waals surface area contributed by atoms with Gasteiger partial charge in [-0.15, -0.1) is 0 Å². The summed E-state index contributed by atoms with van der Waals surface area (Å²) in [5.74, 6) is 0. The van der Waals surface area contributed by atoms with E-state index in [0.717, 1.165) is 6.29 Å². The maximum Gasteiger partial charge on any atom is 0.148 e. The van der Waals surface area contributed by atoms with E-state index in [2.05, 4.69) is 4.99 Å². The van der Waals surface area contributed by atoms with Gasteiger partial charge in [0.2, 0.25) is 0 Å². The molecule has 1 aliphatic heterocycles.